The minimum absolute atomic E-state index is 0.108. The normalized spacial score (nSPS) is 13.6. The molecular formula is C38H64O6. The van der Waals surface area contributed by atoms with E-state index in [4.69, 9.17) is 9.47 Å². The van der Waals surface area contributed by atoms with Gasteiger partial charge in [-0.25, -0.2) is 0 Å². The number of carbonyl (C=O) groups excluding carboxylic acids is 2. The molecule has 0 radical (unpaired) electrons. The Labute approximate surface area is 269 Å². The highest BCUT2D eigenvalue weighted by Crippen LogP contribution is 2.13. The van der Waals surface area contributed by atoms with E-state index >= 15 is 0 Å². The summed E-state index contributed by atoms with van der Waals surface area (Å²) in [6.45, 7) is 3.82. The summed E-state index contributed by atoms with van der Waals surface area (Å²) in [5, 5.41) is 19.2. The molecule has 1 unspecified atom stereocenters. The van der Waals surface area contributed by atoms with Crippen molar-refractivity contribution in [2.45, 2.75) is 154 Å². The van der Waals surface area contributed by atoms with Crippen molar-refractivity contribution in [3.63, 3.8) is 0 Å². The molecule has 6 heteroatoms. The van der Waals surface area contributed by atoms with E-state index in [1.807, 2.05) is 37.3 Å². The van der Waals surface area contributed by atoms with Gasteiger partial charge in [-0.15, -0.1) is 0 Å². The number of rotatable bonds is 30. The average molecular weight is 617 g/mol. The highest BCUT2D eigenvalue weighted by atomic mass is 16.6. The monoisotopic (exact) mass is 616 g/mol. The number of allylic oxidation sites excluding steroid dienone is 8. The second kappa shape index (κ2) is 33.5. The largest absolute Gasteiger partial charge is 0.462 e. The van der Waals surface area contributed by atoms with Gasteiger partial charge in [0.25, 0.3) is 0 Å². The van der Waals surface area contributed by atoms with Crippen LogP contribution in [0.5, 0.6) is 0 Å². The van der Waals surface area contributed by atoms with Crippen molar-refractivity contribution >= 4 is 11.9 Å². The first-order valence-corrected chi connectivity index (χ1v) is 17.5. The zero-order chi connectivity index (χ0) is 32.4. The molecule has 0 bridgehead atoms. The first kappa shape index (κ1) is 41.6. The van der Waals surface area contributed by atoms with Gasteiger partial charge in [0.15, 0.2) is 6.10 Å². The number of aliphatic hydroxyl groups excluding tert-OH is 2. The van der Waals surface area contributed by atoms with Gasteiger partial charge in [-0.05, 0) is 44.9 Å². The molecular weight excluding hydrogens is 552 g/mol. The van der Waals surface area contributed by atoms with Crippen LogP contribution in [0.25, 0.3) is 0 Å². The van der Waals surface area contributed by atoms with Gasteiger partial charge in [0.05, 0.1) is 12.7 Å². The minimum Gasteiger partial charge on any atom is -0.462 e. The van der Waals surface area contributed by atoms with Crippen molar-refractivity contribution in [1.29, 1.82) is 0 Å². The Hall–Kier alpha value is -2.44. The van der Waals surface area contributed by atoms with Crippen molar-refractivity contribution < 1.29 is 29.3 Å². The van der Waals surface area contributed by atoms with Gasteiger partial charge in [0.1, 0.15) is 6.61 Å². The zero-order valence-corrected chi connectivity index (χ0v) is 28.0. The molecule has 6 nitrogen and oxygen atoms in total. The van der Waals surface area contributed by atoms with Gasteiger partial charge >= 0.3 is 11.9 Å². The minimum atomic E-state index is -0.804. The summed E-state index contributed by atoms with van der Waals surface area (Å²) in [5.41, 5.74) is 0. The quantitative estimate of drug-likeness (QED) is 0.0361. The second-order valence-electron chi connectivity index (χ2n) is 11.4. The Balaban J connectivity index is 3.75. The second-order valence-corrected chi connectivity index (χ2v) is 11.4. The fourth-order valence-electron chi connectivity index (χ4n) is 4.49. The molecule has 0 aliphatic rings. The molecule has 0 fully saturated rings. The number of hydrogen-bond acceptors (Lipinski definition) is 6. The third kappa shape index (κ3) is 31.0. The maximum atomic E-state index is 12.1. The summed E-state index contributed by atoms with van der Waals surface area (Å²) in [4.78, 5) is 24.1. The third-order valence-corrected chi connectivity index (χ3v) is 7.15. The van der Waals surface area contributed by atoms with Crippen molar-refractivity contribution in [1.82, 2.24) is 0 Å². The number of esters is 2. The van der Waals surface area contributed by atoms with E-state index in [1.54, 1.807) is 0 Å². The van der Waals surface area contributed by atoms with Crippen LogP contribution in [0.15, 0.2) is 60.8 Å². The molecule has 0 aromatic heterocycles. The van der Waals surface area contributed by atoms with Crippen LogP contribution in [0.3, 0.4) is 0 Å². The summed E-state index contributed by atoms with van der Waals surface area (Å²) >= 11 is 0. The van der Waals surface area contributed by atoms with E-state index in [-0.39, 0.29) is 31.6 Å². The standard InChI is InChI=1S/C38H64O6/c1-3-5-7-8-9-10-11-15-19-22-25-28-32-38(42)44-36(33-39)34-43-37(41)31-27-24-21-18-16-13-12-14-17-20-23-26-30-35(40)29-6-4-2/h6,12-13,17-18,20-21,23,26,29,35-36,39-40H,3-5,7-11,14-16,19,22,24-25,27-28,30-34H2,1-2H3/b13-12-,20-17-,21-18-,26-23+,29-6-/t35?,36-/m0/s1. The Bertz CT molecular complexity index is 810. The molecule has 0 aliphatic heterocycles. The van der Waals surface area contributed by atoms with E-state index in [9.17, 15) is 19.8 Å². The Morgan fingerprint density at radius 1 is 0.659 bits per heavy atom. The lowest BCUT2D eigenvalue weighted by Gasteiger charge is -2.15. The molecule has 0 aromatic carbocycles. The summed E-state index contributed by atoms with van der Waals surface area (Å²) in [6, 6.07) is 0. The predicted molar refractivity (Wildman–Crippen MR) is 183 cm³/mol. The summed E-state index contributed by atoms with van der Waals surface area (Å²) in [7, 11) is 0. The van der Waals surface area contributed by atoms with E-state index in [1.165, 1.54) is 57.8 Å². The molecule has 44 heavy (non-hydrogen) atoms. The average Bonchev–Trinajstić information content (AvgIpc) is 3.02. The Kier molecular flexibility index (Phi) is 31.6. The highest BCUT2D eigenvalue weighted by molar-refractivity contribution is 5.70. The number of unbranched alkanes of at least 4 members (excludes halogenated alkanes) is 12. The van der Waals surface area contributed by atoms with Gasteiger partial charge in [0.2, 0.25) is 0 Å². The van der Waals surface area contributed by atoms with Crippen molar-refractivity contribution in [2.24, 2.45) is 0 Å². The summed E-state index contributed by atoms with van der Waals surface area (Å²) in [5.74, 6) is -0.687. The van der Waals surface area contributed by atoms with E-state index in [0.29, 0.717) is 19.3 Å². The first-order chi connectivity index (χ1) is 21.5. The van der Waals surface area contributed by atoms with Crippen LogP contribution < -0.4 is 0 Å². The third-order valence-electron chi connectivity index (χ3n) is 7.15. The van der Waals surface area contributed by atoms with Gasteiger partial charge in [-0.2, -0.15) is 0 Å². The number of ether oxygens (including phenoxy) is 2. The SMILES string of the molecule is CC/C=C\C(O)C/C=C/C=C\C/C=C\C/C=C\CCCC(=O)OC[C@H](CO)OC(=O)CCCCCCCCCCCCCC. The molecule has 0 saturated heterocycles. The van der Waals surface area contributed by atoms with Gasteiger partial charge in [0, 0.05) is 12.8 Å². The highest BCUT2D eigenvalue weighted by Gasteiger charge is 2.16. The van der Waals surface area contributed by atoms with Gasteiger partial charge in [-0.1, -0.05) is 145 Å². The zero-order valence-electron chi connectivity index (χ0n) is 28.0. The molecule has 252 valence electrons. The lowest BCUT2D eigenvalue weighted by atomic mass is 10.0. The number of hydrogen-bond donors (Lipinski definition) is 2. The molecule has 0 aromatic rings. The molecule has 2 N–H and O–H groups in total. The number of carbonyl (C=O) groups is 2. The molecule has 0 amide bonds. The molecule has 0 heterocycles. The van der Waals surface area contributed by atoms with E-state index in [0.717, 1.165) is 44.9 Å². The van der Waals surface area contributed by atoms with Crippen molar-refractivity contribution in [3.8, 4) is 0 Å². The summed E-state index contributed by atoms with van der Waals surface area (Å²) in [6.07, 6.45) is 39.0. The van der Waals surface area contributed by atoms with Crippen LogP contribution in [-0.4, -0.2) is 47.6 Å². The number of aliphatic hydroxyl groups is 2. The predicted octanol–water partition coefficient (Wildman–Crippen LogP) is 9.42. The van der Waals surface area contributed by atoms with Crippen LogP contribution in [0.1, 0.15) is 142 Å². The Morgan fingerprint density at radius 3 is 1.86 bits per heavy atom. The maximum Gasteiger partial charge on any atom is 0.306 e. The fraction of sp³-hybridized carbons (Fsp3) is 0.684. The van der Waals surface area contributed by atoms with Crippen LogP contribution in [0, 0.1) is 0 Å². The molecule has 0 spiro atoms. The smallest absolute Gasteiger partial charge is 0.306 e. The van der Waals surface area contributed by atoms with Crippen molar-refractivity contribution in [3.05, 3.63) is 60.8 Å². The maximum absolute atomic E-state index is 12.1. The molecule has 2 atom stereocenters. The topological polar surface area (TPSA) is 93.1 Å². The van der Waals surface area contributed by atoms with Gasteiger partial charge in [-0.3, -0.25) is 9.59 Å². The van der Waals surface area contributed by atoms with Gasteiger partial charge < -0.3 is 19.7 Å². The van der Waals surface area contributed by atoms with Crippen LogP contribution in [0.4, 0.5) is 0 Å². The first-order valence-electron chi connectivity index (χ1n) is 17.5. The van der Waals surface area contributed by atoms with E-state index in [2.05, 4.69) is 37.3 Å². The summed E-state index contributed by atoms with van der Waals surface area (Å²) < 4.78 is 10.5. The molecule has 0 aliphatic carbocycles. The lowest BCUT2D eigenvalue weighted by molar-refractivity contribution is -0.161. The van der Waals surface area contributed by atoms with Crippen LogP contribution >= 0.6 is 0 Å². The van der Waals surface area contributed by atoms with Crippen molar-refractivity contribution in [2.75, 3.05) is 13.2 Å². The molecule has 0 saturated carbocycles. The molecule has 0 rings (SSSR count). The Morgan fingerprint density at radius 2 is 1.23 bits per heavy atom. The van der Waals surface area contributed by atoms with Crippen LogP contribution in [0.2, 0.25) is 0 Å². The van der Waals surface area contributed by atoms with E-state index < -0.39 is 12.2 Å². The lowest BCUT2D eigenvalue weighted by Crippen LogP contribution is -2.28. The fourth-order valence-corrected chi connectivity index (χ4v) is 4.49. The van der Waals surface area contributed by atoms with Crippen LogP contribution in [-0.2, 0) is 19.1 Å².